The fourth-order valence-electron chi connectivity index (χ4n) is 3.34. The molecule has 3 rings (SSSR count). The molecule has 1 aromatic carbocycles. The minimum absolute atomic E-state index is 0.0760. The van der Waals surface area contributed by atoms with Gasteiger partial charge in [0, 0.05) is 24.4 Å². The van der Waals surface area contributed by atoms with Gasteiger partial charge in [-0.05, 0) is 44.7 Å². The minimum atomic E-state index is 0.0760. The molecule has 4 nitrogen and oxygen atoms in total. The van der Waals surface area contributed by atoms with Gasteiger partial charge in [-0.2, -0.15) is 0 Å². The Morgan fingerprint density at radius 3 is 2.55 bits per heavy atom. The Kier molecular flexibility index (Phi) is 4.48. The molecule has 1 fully saturated rings. The first-order valence-electron chi connectivity index (χ1n) is 8.13. The maximum Gasteiger partial charge on any atom is 0.217 e. The number of carbonyl (C=O) groups excluding carboxylic acids is 1. The van der Waals surface area contributed by atoms with Crippen LogP contribution < -0.4 is 10.6 Å². The molecule has 0 bridgehead atoms. The number of benzene rings is 1. The second-order valence-electron chi connectivity index (χ2n) is 6.32. The van der Waals surface area contributed by atoms with Gasteiger partial charge >= 0.3 is 0 Å². The molecule has 1 aromatic heterocycles. The van der Waals surface area contributed by atoms with Crippen molar-refractivity contribution >= 4 is 16.9 Å². The number of rotatable bonds is 4. The van der Waals surface area contributed by atoms with Crippen LogP contribution in [0.1, 0.15) is 51.3 Å². The summed E-state index contributed by atoms with van der Waals surface area (Å²) < 4.78 is 5.93. The highest BCUT2D eigenvalue weighted by molar-refractivity contribution is 5.77. The number of hydrogen-bond donors (Lipinski definition) is 2. The van der Waals surface area contributed by atoms with Gasteiger partial charge in [0.2, 0.25) is 5.91 Å². The Labute approximate surface area is 131 Å². The summed E-state index contributed by atoms with van der Waals surface area (Å²) in [5, 5.41) is 7.84. The zero-order valence-electron chi connectivity index (χ0n) is 13.3. The Morgan fingerprint density at radius 1 is 1.18 bits per heavy atom. The smallest absolute Gasteiger partial charge is 0.217 e. The third-order valence-corrected chi connectivity index (χ3v) is 4.49. The molecule has 1 aliphatic carbocycles. The van der Waals surface area contributed by atoms with Crippen LogP contribution in [-0.4, -0.2) is 18.0 Å². The molecule has 0 radical (unpaired) electrons. The molecule has 0 unspecified atom stereocenters. The quantitative estimate of drug-likeness (QED) is 0.908. The molecule has 0 spiro atoms. The van der Waals surface area contributed by atoms with E-state index in [0.29, 0.717) is 12.1 Å². The van der Waals surface area contributed by atoms with Crippen molar-refractivity contribution in [1.29, 1.82) is 0 Å². The van der Waals surface area contributed by atoms with Crippen LogP contribution in [0.25, 0.3) is 11.0 Å². The van der Waals surface area contributed by atoms with Crippen molar-refractivity contribution in [2.75, 3.05) is 0 Å². The number of hydrogen-bond acceptors (Lipinski definition) is 3. The predicted molar refractivity (Wildman–Crippen MR) is 87.6 cm³/mol. The van der Waals surface area contributed by atoms with E-state index in [4.69, 9.17) is 4.42 Å². The molecule has 22 heavy (non-hydrogen) atoms. The highest BCUT2D eigenvalue weighted by Gasteiger charge is 2.23. The second-order valence-corrected chi connectivity index (χ2v) is 6.32. The zero-order valence-corrected chi connectivity index (χ0v) is 13.3. The lowest BCUT2D eigenvalue weighted by molar-refractivity contribution is -0.119. The standard InChI is InChI=1S/C18H24N2O2/c1-12(18-11-14-5-3-4-6-17(14)22-18)19-15-7-9-16(10-8-15)20-13(2)21/h3-6,11-12,15-16,19H,7-10H2,1-2H3,(H,20,21)/t12-,15?,16?/m0/s1. The van der Waals surface area contributed by atoms with Crippen molar-refractivity contribution < 1.29 is 9.21 Å². The summed E-state index contributed by atoms with van der Waals surface area (Å²) in [4.78, 5) is 11.1. The van der Waals surface area contributed by atoms with Gasteiger partial charge in [-0.15, -0.1) is 0 Å². The molecule has 1 heterocycles. The number of fused-ring (bicyclic) bond motifs is 1. The van der Waals surface area contributed by atoms with Crippen molar-refractivity contribution in [2.24, 2.45) is 0 Å². The summed E-state index contributed by atoms with van der Waals surface area (Å²) >= 11 is 0. The lowest BCUT2D eigenvalue weighted by Gasteiger charge is -2.31. The summed E-state index contributed by atoms with van der Waals surface area (Å²) in [7, 11) is 0. The van der Waals surface area contributed by atoms with Gasteiger partial charge in [0.05, 0.1) is 6.04 Å². The van der Waals surface area contributed by atoms with Crippen LogP contribution in [0.5, 0.6) is 0 Å². The van der Waals surface area contributed by atoms with Crippen molar-refractivity contribution in [2.45, 2.75) is 57.7 Å². The first kappa shape index (κ1) is 15.1. The molecule has 118 valence electrons. The maximum absolute atomic E-state index is 11.1. The molecule has 1 saturated carbocycles. The molecule has 2 N–H and O–H groups in total. The molecule has 4 heteroatoms. The van der Waals surface area contributed by atoms with Crippen molar-refractivity contribution in [3.05, 3.63) is 36.1 Å². The summed E-state index contributed by atoms with van der Waals surface area (Å²) in [6, 6.07) is 11.3. The van der Waals surface area contributed by atoms with Gasteiger partial charge in [-0.1, -0.05) is 18.2 Å². The van der Waals surface area contributed by atoms with Gasteiger partial charge in [0.1, 0.15) is 11.3 Å². The first-order chi connectivity index (χ1) is 10.6. The topological polar surface area (TPSA) is 54.3 Å². The van der Waals surface area contributed by atoms with Crippen LogP contribution in [0.2, 0.25) is 0 Å². The Morgan fingerprint density at radius 2 is 1.86 bits per heavy atom. The molecule has 1 atom stereocenters. The molecule has 1 amide bonds. The number of nitrogens with one attached hydrogen (secondary N) is 2. The second kappa shape index (κ2) is 6.53. The minimum Gasteiger partial charge on any atom is -0.459 e. The third kappa shape index (κ3) is 3.50. The maximum atomic E-state index is 11.1. The van der Waals surface area contributed by atoms with Crippen molar-refractivity contribution in [3.8, 4) is 0 Å². The molecular weight excluding hydrogens is 276 g/mol. The third-order valence-electron chi connectivity index (χ3n) is 4.49. The van der Waals surface area contributed by atoms with E-state index in [1.165, 1.54) is 0 Å². The van der Waals surface area contributed by atoms with E-state index in [-0.39, 0.29) is 11.9 Å². The van der Waals surface area contributed by atoms with Crippen molar-refractivity contribution in [1.82, 2.24) is 10.6 Å². The van der Waals surface area contributed by atoms with E-state index in [0.717, 1.165) is 42.4 Å². The van der Waals surface area contributed by atoms with E-state index in [9.17, 15) is 4.79 Å². The van der Waals surface area contributed by atoms with Gasteiger partial charge in [-0.25, -0.2) is 0 Å². The average Bonchev–Trinajstić information content (AvgIpc) is 2.93. The van der Waals surface area contributed by atoms with E-state index in [2.05, 4.69) is 29.7 Å². The van der Waals surface area contributed by atoms with Gasteiger partial charge in [-0.3, -0.25) is 4.79 Å². The van der Waals surface area contributed by atoms with E-state index >= 15 is 0 Å². The average molecular weight is 300 g/mol. The first-order valence-corrected chi connectivity index (χ1v) is 8.13. The molecule has 2 aromatic rings. The van der Waals surface area contributed by atoms with Crippen molar-refractivity contribution in [3.63, 3.8) is 0 Å². The number of amides is 1. The van der Waals surface area contributed by atoms with Gasteiger partial charge in [0.25, 0.3) is 0 Å². The van der Waals surface area contributed by atoms with E-state index in [1.54, 1.807) is 6.92 Å². The van der Waals surface area contributed by atoms with Crippen LogP contribution in [0.15, 0.2) is 34.7 Å². The van der Waals surface area contributed by atoms with Crippen LogP contribution in [0.3, 0.4) is 0 Å². The summed E-state index contributed by atoms with van der Waals surface area (Å²) in [6.45, 7) is 3.74. The number of carbonyl (C=O) groups is 1. The van der Waals surface area contributed by atoms with Crippen LogP contribution >= 0.6 is 0 Å². The Bertz CT molecular complexity index is 608. The molecular formula is C18H24N2O2. The fourth-order valence-corrected chi connectivity index (χ4v) is 3.34. The SMILES string of the molecule is CC(=O)NC1CCC(N[C@@H](C)c2cc3ccccc3o2)CC1. The van der Waals surface area contributed by atoms with Gasteiger partial charge < -0.3 is 15.1 Å². The van der Waals surface area contributed by atoms with Crippen LogP contribution in [-0.2, 0) is 4.79 Å². The molecule has 0 saturated heterocycles. The summed E-state index contributed by atoms with van der Waals surface area (Å²) in [6.07, 6.45) is 4.28. The Balaban J connectivity index is 1.56. The fraction of sp³-hybridized carbons (Fsp3) is 0.500. The zero-order chi connectivity index (χ0) is 15.5. The monoisotopic (exact) mass is 300 g/mol. The highest BCUT2D eigenvalue weighted by Crippen LogP contribution is 2.26. The highest BCUT2D eigenvalue weighted by atomic mass is 16.3. The van der Waals surface area contributed by atoms with Crippen LogP contribution in [0, 0.1) is 0 Å². The summed E-state index contributed by atoms with van der Waals surface area (Å²) in [5.74, 6) is 1.07. The normalized spacial score (nSPS) is 23.4. The number of furan rings is 1. The lowest BCUT2D eigenvalue weighted by Crippen LogP contribution is -2.42. The summed E-state index contributed by atoms with van der Waals surface area (Å²) in [5.41, 5.74) is 0.945. The molecule has 1 aliphatic rings. The Hall–Kier alpha value is -1.81. The van der Waals surface area contributed by atoms with E-state index in [1.807, 2.05) is 18.2 Å². The van der Waals surface area contributed by atoms with Crippen LogP contribution in [0.4, 0.5) is 0 Å². The largest absolute Gasteiger partial charge is 0.459 e. The van der Waals surface area contributed by atoms with Gasteiger partial charge in [0.15, 0.2) is 0 Å². The van der Waals surface area contributed by atoms with E-state index < -0.39 is 0 Å². The number of para-hydroxylation sites is 1. The predicted octanol–water partition coefficient (Wildman–Crippen LogP) is 3.53. The molecule has 0 aliphatic heterocycles. The lowest BCUT2D eigenvalue weighted by atomic mass is 9.90.